The molecule has 3 aromatic rings. The zero-order chi connectivity index (χ0) is 14.7. The molecular weight excluding hydrogens is 262 g/mol. The lowest BCUT2D eigenvalue weighted by atomic mass is 10.0. The second kappa shape index (κ2) is 5.67. The van der Waals surface area contributed by atoms with Crippen molar-refractivity contribution in [3.63, 3.8) is 0 Å². The van der Waals surface area contributed by atoms with Gasteiger partial charge in [-0.3, -0.25) is 4.99 Å². The van der Waals surface area contributed by atoms with E-state index in [0.717, 1.165) is 16.3 Å². The molecule has 0 aliphatic rings. The van der Waals surface area contributed by atoms with Gasteiger partial charge in [0.25, 0.3) is 0 Å². The highest BCUT2D eigenvalue weighted by Crippen LogP contribution is 2.25. The highest BCUT2D eigenvalue weighted by molar-refractivity contribution is 6.02. The number of nitrogens with zero attached hydrogens (tertiary/aromatic N) is 1. The summed E-state index contributed by atoms with van der Waals surface area (Å²) in [4.78, 5) is 4.34. The fourth-order valence-corrected chi connectivity index (χ4v) is 2.30. The highest BCUT2D eigenvalue weighted by atomic mass is 16.3. The minimum Gasteiger partial charge on any atom is -0.508 e. The molecule has 0 bridgehead atoms. The Kier molecular flexibility index (Phi) is 3.56. The lowest BCUT2D eigenvalue weighted by molar-refractivity contribution is 0.468. The molecule has 3 nitrogen and oxygen atoms in total. The van der Waals surface area contributed by atoms with Gasteiger partial charge in [-0.1, -0.05) is 48.5 Å². The number of rotatable bonds is 3. The number of phenolic OH excluding ortho intramolecular Hbond substituents is 2. The molecule has 0 spiro atoms. The van der Waals surface area contributed by atoms with Crippen LogP contribution in [-0.2, 0) is 6.54 Å². The molecule has 3 aromatic carbocycles. The van der Waals surface area contributed by atoms with Crippen LogP contribution in [0.15, 0.2) is 65.7 Å². The van der Waals surface area contributed by atoms with E-state index in [0.29, 0.717) is 12.1 Å². The number of aliphatic imine (C=N–C) groups is 1. The summed E-state index contributed by atoms with van der Waals surface area (Å²) < 4.78 is 0. The van der Waals surface area contributed by atoms with Gasteiger partial charge in [0.05, 0.1) is 6.54 Å². The normalized spacial score (nSPS) is 11.2. The third-order valence-corrected chi connectivity index (χ3v) is 3.42. The fourth-order valence-electron chi connectivity index (χ4n) is 2.30. The maximum absolute atomic E-state index is 10.0. The number of benzene rings is 3. The van der Waals surface area contributed by atoms with Gasteiger partial charge in [-0.25, -0.2) is 0 Å². The Morgan fingerprint density at radius 2 is 1.57 bits per heavy atom. The van der Waals surface area contributed by atoms with Gasteiger partial charge in [-0.15, -0.1) is 0 Å². The van der Waals surface area contributed by atoms with E-state index in [1.54, 1.807) is 24.4 Å². The first-order chi connectivity index (χ1) is 10.3. The van der Waals surface area contributed by atoms with Gasteiger partial charge in [0.1, 0.15) is 11.5 Å². The molecule has 104 valence electrons. The predicted octanol–water partition coefficient (Wildman–Crippen LogP) is 3.87. The number of hydrogen-bond acceptors (Lipinski definition) is 3. The van der Waals surface area contributed by atoms with Crippen LogP contribution in [0.2, 0.25) is 0 Å². The van der Waals surface area contributed by atoms with Gasteiger partial charge in [0, 0.05) is 17.3 Å². The van der Waals surface area contributed by atoms with E-state index in [1.165, 1.54) is 0 Å². The van der Waals surface area contributed by atoms with Crippen LogP contribution in [0.25, 0.3) is 10.8 Å². The smallest absolute Gasteiger partial charge is 0.124 e. The quantitative estimate of drug-likeness (QED) is 0.714. The summed E-state index contributed by atoms with van der Waals surface area (Å²) in [6.45, 7) is 0.370. The Labute approximate surface area is 122 Å². The van der Waals surface area contributed by atoms with E-state index in [1.807, 2.05) is 42.5 Å². The third kappa shape index (κ3) is 2.72. The van der Waals surface area contributed by atoms with Crippen molar-refractivity contribution < 1.29 is 10.2 Å². The third-order valence-electron chi connectivity index (χ3n) is 3.42. The number of para-hydroxylation sites is 1. The van der Waals surface area contributed by atoms with Crippen molar-refractivity contribution in [2.45, 2.75) is 6.54 Å². The first-order valence-electron chi connectivity index (χ1n) is 6.73. The molecule has 0 fully saturated rings. The van der Waals surface area contributed by atoms with E-state index >= 15 is 0 Å². The summed E-state index contributed by atoms with van der Waals surface area (Å²) >= 11 is 0. The van der Waals surface area contributed by atoms with E-state index in [-0.39, 0.29) is 11.5 Å². The van der Waals surface area contributed by atoms with Gasteiger partial charge in [-0.05, 0) is 22.9 Å². The zero-order valence-corrected chi connectivity index (χ0v) is 11.4. The lowest BCUT2D eigenvalue weighted by Gasteiger charge is -2.05. The van der Waals surface area contributed by atoms with Crippen LogP contribution >= 0.6 is 0 Å². The predicted molar refractivity (Wildman–Crippen MR) is 85.0 cm³/mol. The second-order valence-electron chi connectivity index (χ2n) is 4.82. The molecular formula is C18H15NO2. The standard InChI is InChI=1S/C18H15NO2/c20-17-8-4-2-6-14(17)11-19-12-16-15-7-3-1-5-13(15)9-10-18(16)21/h1-10,12,20-21H,11H2. The van der Waals surface area contributed by atoms with Crippen molar-refractivity contribution in [1.82, 2.24) is 0 Å². The number of aromatic hydroxyl groups is 2. The summed E-state index contributed by atoms with van der Waals surface area (Å²) in [5, 5.41) is 21.7. The number of hydrogen-bond donors (Lipinski definition) is 2. The monoisotopic (exact) mass is 277 g/mol. The summed E-state index contributed by atoms with van der Waals surface area (Å²) in [6, 6.07) is 18.5. The van der Waals surface area contributed by atoms with Gasteiger partial charge >= 0.3 is 0 Å². The van der Waals surface area contributed by atoms with Crippen LogP contribution in [-0.4, -0.2) is 16.4 Å². The van der Waals surface area contributed by atoms with Crippen molar-refractivity contribution >= 4 is 17.0 Å². The first-order valence-corrected chi connectivity index (χ1v) is 6.73. The van der Waals surface area contributed by atoms with Crippen molar-refractivity contribution in [3.8, 4) is 11.5 Å². The maximum atomic E-state index is 10.0. The lowest BCUT2D eigenvalue weighted by Crippen LogP contribution is -1.88. The Bertz CT molecular complexity index is 809. The molecule has 0 heterocycles. The average Bonchev–Trinajstić information content (AvgIpc) is 2.51. The fraction of sp³-hybridized carbons (Fsp3) is 0.0556. The van der Waals surface area contributed by atoms with E-state index < -0.39 is 0 Å². The van der Waals surface area contributed by atoms with Crippen molar-refractivity contribution in [3.05, 3.63) is 71.8 Å². The number of phenols is 2. The van der Waals surface area contributed by atoms with Crippen molar-refractivity contribution in [1.29, 1.82) is 0 Å². The molecule has 0 aromatic heterocycles. The number of fused-ring (bicyclic) bond motifs is 1. The van der Waals surface area contributed by atoms with Crippen molar-refractivity contribution in [2.75, 3.05) is 0 Å². The topological polar surface area (TPSA) is 52.8 Å². The van der Waals surface area contributed by atoms with E-state index in [2.05, 4.69) is 4.99 Å². The first kappa shape index (κ1) is 13.2. The second-order valence-corrected chi connectivity index (χ2v) is 4.82. The Hall–Kier alpha value is -2.81. The molecule has 0 unspecified atom stereocenters. The molecule has 3 rings (SSSR count). The molecule has 0 saturated heterocycles. The van der Waals surface area contributed by atoms with Gasteiger partial charge in [-0.2, -0.15) is 0 Å². The van der Waals surface area contributed by atoms with Crippen LogP contribution < -0.4 is 0 Å². The largest absolute Gasteiger partial charge is 0.508 e. The molecule has 0 radical (unpaired) electrons. The molecule has 0 aliphatic carbocycles. The minimum absolute atomic E-state index is 0.203. The summed E-state index contributed by atoms with van der Waals surface area (Å²) in [5.41, 5.74) is 1.46. The van der Waals surface area contributed by atoms with Gasteiger partial charge in [0.15, 0.2) is 0 Å². The Morgan fingerprint density at radius 1 is 0.810 bits per heavy atom. The summed E-state index contributed by atoms with van der Waals surface area (Å²) in [6.07, 6.45) is 1.66. The minimum atomic E-state index is 0.203. The Morgan fingerprint density at radius 3 is 2.43 bits per heavy atom. The molecule has 0 aliphatic heterocycles. The molecule has 3 heteroatoms. The van der Waals surface area contributed by atoms with Crippen LogP contribution in [0.3, 0.4) is 0 Å². The highest BCUT2D eigenvalue weighted by Gasteiger charge is 2.04. The molecule has 0 amide bonds. The molecule has 0 atom stereocenters. The SMILES string of the molecule is Oc1ccccc1CN=Cc1c(O)ccc2ccccc12. The van der Waals surface area contributed by atoms with Crippen LogP contribution in [0, 0.1) is 0 Å². The summed E-state index contributed by atoms with van der Waals surface area (Å²) in [7, 11) is 0. The maximum Gasteiger partial charge on any atom is 0.124 e. The van der Waals surface area contributed by atoms with Crippen LogP contribution in [0.5, 0.6) is 11.5 Å². The van der Waals surface area contributed by atoms with Gasteiger partial charge < -0.3 is 10.2 Å². The van der Waals surface area contributed by atoms with Crippen molar-refractivity contribution in [2.24, 2.45) is 4.99 Å². The van der Waals surface area contributed by atoms with Gasteiger partial charge in [0.2, 0.25) is 0 Å². The molecule has 21 heavy (non-hydrogen) atoms. The molecule has 0 saturated carbocycles. The van der Waals surface area contributed by atoms with E-state index in [9.17, 15) is 10.2 Å². The Balaban J connectivity index is 1.93. The van der Waals surface area contributed by atoms with E-state index in [4.69, 9.17) is 0 Å². The van der Waals surface area contributed by atoms with Crippen LogP contribution in [0.4, 0.5) is 0 Å². The van der Waals surface area contributed by atoms with Crippen LogP contribution in [0.1, 0.15) is 11.1 Å². The summed E-state index contributed by atoms with van der Waals surface area (Å²) in [5.74, 6) is 0.437. The average molecular weight is 277 g/mol. The zero-order valence-electron chi connectivity index (χ0n) is 11.4. The molecule has 2 N–H and O–H groups in total.